The van der Waals surface area contributed by atoms with Crippen LogP contribution in [0.4, 0.5) is 0 Å². The number of aryl methyl sites for hydroxylation is 4. The van der Waals surface area contributed by atoms with E-state index in [0.29, 0.717) is 0 Å². The van der Waals surface area contributed by atoms with E-state index in [1.807, 2.05) is 0 Å². The van der Waals surface area contributed by atoms with E-state index in [2.05, 4.69) is 103 Å². The second kappa shape index (κ2) is 29.6. The van der Waals surface area contributed by atoms with E-state index in [4.69, 9.17) is 0 Å². The number of hydrogen-bond acceptors (Lipinski definition) is 0. The first-order chi connectivity index (χ1) is 24.3. The molecular formula is C47H76N2Pd. The molecular weight excluding hydrogens is 699 g/mol. The van der Waals surface area contributed by atoms with Crippen LogP contribution in [0.1, 0.15) is 195 Å². The molecule has 2 nitrogen and oxygen atoms in total. The molecule has 0 bridgehead atoms. The fraction of sp³-hybridized carbons (Fsp3) is 0.660. The number of hydrogen-bond donors (Lipinski definition) is 0. The number of rotatable bonds is 25. The zero-order valence-corrected chi connectivity index (χ0v) is 35.7. The van der Waals surface area contributed by atoms with Gasteiger partial charge >= 0.3 is 47.5 Å². The molecule has 284 valence electrons. The Balaban J connectivity index is 0.00000232. The van der Waals surface area contributed by atoms with Gasteiger partial charge in [0, 0.05) is 0 Å². The fourth-order valence-corrected chi connectivity index (χ4v) is 7.53. The fourth-order valence-electron chi connectivity index (χ4n) is 6.76. The number of benzene rings is 2. The van der Waals surface area contributed by atoms with Crippen LogP contribution in [0, 0.1) is 20.8 Å². The van der Waals surface area contributed by atoms with Crippen molar-refractivity contribution in [3.05, 3.63) is 86.0 Å². The van der Waals surface area contributed by atoms with E-state index < -0.39 is 0 Å². The summed E-state index contributed by atoms with van der Waals surface area (Å²) >= 11 is 1.04. The minimum atomic E-state index is 0.876. The molecule has 2 aromatic carbocycles. The van der Waals surface area contributed by atoms with E-state index >= 15 is 0 Å². The first-order valence-electron chi connectivity index (χ1n) is 20.7. The third-order valence-electron chi connectivity index (χ3n) is 9.99. The van der Waals surface area contributed by atoms with Crippen molar-refractivity contribution in [2.24, 2.45) is 0 Å². The first-order valence-corrected chi connectivity index (χ1v) is 22.9. The predicted octanol–water partition coefficient (Wildman–Crippen LogP) is 15.2. The summed E-state index contributed by atoms with van der Waals surface area (Å²) in [6.45, 7) is 20.3. The van der Waals surface area contributed by atoms with Crippen LogP contribution in [0.25, 0.3) is 11.1 Å². The van der Waals surface area contributed by atoms with Crippen LogP contribution in [-0.2, 0) is 37.2 Å². The molecule has 50 heavy (non-hydrogen) atoms. The monoisotopic (exact) mass is 775 g/mol. The Labute approximate surface area is 319 Å². The van der Waals surface area contributed by atoms with Crippen LogP contribution >= 0.6 is 0 Å². The van der Waals surface area contributed by atoms with Crippen molar-refractivity contribution >= 4 is 11.4 Å². The third kappa shape index (κ3) is 18.5. The summed E-state index contributed by atoms with van der Waals surface area (Å²) in [4.78, 5) is 6.19. The number of allylic oxidation sites excluding steroid dienone is 2. The number of unbranched alkanes of at least 4 members (excludes halogenated alkanes) is 12. The van der Waals surface area contributed by atoms with Crippen LogP contribution in [0.2, 0.25) is 9.79 Å². The van der Waals surface area contributed by atoms with Gasteiger partial charge in [-0.3, -0.25) is 0 Å². The molecule has 0 aromatic heterocycles. The SMILES string of the molecule is CCCCCCC(=C=[N+]=[N-])C=C(c1cc(C)c(C)c(C)c1)c1cc(CCCCCC)c(CCCCCC)c(CCCCCC)c1.C[CH2][Pd][CH2]C. The Hall–Kier alpha value is -2.00. The van der Waals surface area contributed by atoms with E-state index in [9.17, 15) is 5.53 Å². The van der Waals surface area contributed by atoms with Gasteiger partial charge in [-0.15, -0.1) is 4.79 Å². The molecule has 2 rings (SSSR count). The first kappa shape index (κ1) is 46.0. The molecule has 0 aliphatic heterocycles. The molecule has 0 heterocycles. The molecule has 0 atom stereocenters. The van der Waals surface area contributed by atoms with Gasteiger partial charge < -0.3 is 5.53 Å². The van der Waals surface area contributed by atoms with Crippen LogP contribution in [0.15, 0.2) is 35.9 Å². The molecule has 0 fully saturated rings. The second-order valence-electron chi connectivity index (χ2n) is 14.2. The van der Waals surface area contributed by atoms with Gasteiger partial charge in [-0.25, -0.2) is 0 Å². The Morgan fingerprint density at radius 2 is 1.04 bits per heavy atom. The predicted molar refractivity (Wildman–Crippen MR) is 220 cm³/mol. The van der Waals surface area contributed by atoms with Gasteiger partial charge in [-0.1, -0.05) is 129 Å². The van der Waals surface area contributed by atoms with Gasteiger partial charge in [0.05, 0.1) is 5.57 Å². The van der Waals surface area contributed by atoms with Crippen molar-refractivity contribution in [2.75, 3.05) is 0 Å². The van der Waals surface area contributed by atoms with E-state index in [1.54, 1.807) is 16.7 Å². The molecule has 0 spiro atoms. The summed E-state index contributed by atoms with van der Waals surface area (Å²) in [7, 11) is 0. The summed E-state index contributed by atoms with van der Waals surface area (Å²) in [5.74, 6) is 2.97. The van der Waals surface area contributed by atoms with Crippen molar-refractivity contribution in [1.82, 2.24) is 0 Å². The molecule has 0 radical (unpaired) electrons. The van der Waals surface area contributed by atoms with Gasteiger partial charge in [-0.05, 0) is 128 Å². The van der Waals surface area contributed by atoms with Gasteiger partial charge in [0.1, 0.15) is 0 Å². The topological polar surface area (TPSA) is 36.4 Å². The van der Waals surface area contributed by atoms with Crippen LogP contribution in [0.5, 0.6) is 0 Å². The van der Waals surface area contributed by atoms with Crippen LogP contribution in [-0.4, -0.2) is 10.7 Å². The average Bonchev–Trinajstić information content (AvgIpc) is 3.11. The van der Waals surface area contributed by atoms with Crippen molar-refractivity contribution in [1.29, 1.82) is 0 Å². The molecule has 0 saturated heterocycles. The molecule has 0 aliphatic carbocycles. The molecule has 3 heteroatoms. The van der Waals surface area contributed by atoms with E-state index in [0.717, 1.165) is 49.2 Å². The summed E-state index contributed by atoms with van der Waals surface area (Å²) in [5, 5.41) is 0. The van der Waals surface area contributed by atoms with Gasteiger partial charge in [-0.2, -0.15) is 0 Å². The van der Waals surface area contributed by atoms with E-state index in [1.165, 1.54) is 146 Å². The van der Waals surface area contributed by atoms with Gasteiger partial charge in [0.25, 0.3) is 0 Å². The summed E-state index contributed by atoms with van der Waals surface area (Å²) in [5.41, 5.74) is 23.2. The average molecular weight is 776 g/mol. The van der Waals surface area contributed by atoms with Gasteiger partial charge in [0.15, 0.2) is 0 Å². The molecule has 2 aromatic rings. The van der Waals surface area contributed by atoms with Crippen LogP contribution in [0.3, 0.4) is 0 Å². The maximum absolute atomic E-state index is 9.61. The molecule has 0 N–H and O–H groups in total. The zero-order valence-electron chi connectivity index (χ0n) is 34.2. The normalized spacial score (nSPS) is 11.3. The maximum atomic E-state index is 9.61. The van der Waals surface area contributed by atoms with Crippen molar-refractivity contribution in [2.45, 2.75) is 201 Å². The molecule has 0 unspecified atom stereocenters. The molecule has 0 saturated carbocycles. The summed E-state index contributed by atoms with van der Waals surface area (Å²) < 4.78 is 0. The Bertz CT molecular complexity index is 1260. The number of nitrogens with zero attached hydrogens (tertiary/aromatic N) is 2. The quantitative estimate of drug-likeness (QED) is 0.0241. The summed E-state index contributed by atoms with van der Waals surface area (Å²) in [6.07, 6.45) is 26.9. The van der Waals surface area contributed by atoms with E-state index in [-0.39, 0.29) is 0 Å². The van der Waals surface area contributed by atoms with Crippen molar-refractivity contribution in [3.8, 4) is 0 Å². The standard InChI is InChI=1S/C43H66N2.2C2H5.Pd/c1-8-12-16-20-24-37(33-45-44)30-43(40-28-34(5)36(7)35(6)29-40)41-31-38(25-21-17-13-9-2)42(27-23-19-15-11-4)39(32-41)26-22-18-14-10-3;2*1-2;/h28-32H,8-27H2,1-7H3;2*1H2,2H3;. The summed E-state index contributed by atoms with van der Waals surface area (Å²) in [6, 6.07) is 9.80. The van der Waals surface area contributed by atoms with Gasteiger partial charge in [0.2, 0.25) is 0 Å². The van der Waals surface area contributed by atoms with Crippen molar-refractivity contribution < 1.29 is 22.8 Å². The third-order valence-corrected chi connectivity index (χ3v) is 11.5. The zero-order chi connectivity index (χ0) is 37.0. The Kier molecular flexibility index (Phi) is 27.2. The van der Waals surface area contributed by atoms with Crippen molar-refractivity contribution in [3.63, 3.8) is 0 Å². The Morgan fingerprint density at radius 3 is 1.46 bits per heavy atom. The molecule has 0 amide bonds. The second-order valence-corrected chi connectivity index (χ2v) is 17.1. The molecule has 0 aliphatic rings. The minimum absolute atomic E-state index is 0.876. The Morgan fingerprint density at radius 1 is 0.600 bits per heavy atom. The van der Waals surface area contributed by atoms with Crippen LogP contribution < -0.4 is 0 Å².